The number of nitrogens with one attached hydrogen (secondary N) is 1. The van der Waals surface area contributed by atoms with Crippen molar-refractivity contribution in [2.75, 3.05) is 12.4 Å². The van der Waals surface area contributed by atoms with Crippen LogP contribution in [0.5, 0.6) is 5.88 Å². The summed E-state index contributed by atoms with van der Waals surface area (Å²) < 4.78 is 5.12. The fraction of sp³-hybridized carbons (Fsp3) is 0.105. The normalized spacial score (nSPS) is 11.2. The van der Waals surface area contributed by atoms with E-state index in [2.05, 4.69) is 32.4 Å². The van der Waals surface area contributed by atoms with E-state index in [1.807, 2.05) is 49.4 Å². The van der Waals surface area contributed by atoms with Gasteiger partial charge in [0.25, 0.3) is 5.95 Å². The van der Waals surface area contributed by atoms with Crippen molar-refractivity contribution in [2.45, 2.75) is 6.92 Å². The lowest BCUT2D eigenvalue weighted by Gasteiger charge is -2.08. The van der Waals surface area contributed by atoms with Crippen LogP contribution in [0.15, 0.2) is 65.7 Å². The molecule has 2 aromatic carbocycles. The van der Waals surface area contributed by atoms with Crippen LogP contribution >= 0.6 is 0 Å². The van der Waals surface area contributed by atoms with Crippen molar-refractivity contribution in [1.82, 2.24) is 9.97 Å². The summed E-state index contributed by atoms with van der Waals surface area (Å²) in [5, 5.41) is 3.06. The number of nitrogens with two attached hydrogens (primary N) is 1. The number of guanidine groups is 1. The predicted molar refractivity (Wildman–Crippen MR) is 100 cm³/mol. The maximum absolute atomic E-state index is 5.99. The zero-order valence-electron chi connectivity index (χ0n) is 14.1. The third-order valence-corrected chi connectivity index (χ3v) is 3.49. The summed E-state index contributed by atoms with van der Waals surface area (Å²) in [6.45, 7) is 1.84. The highest BCUT2D eigenvalue weighted by Crippen LogP contribution is 2.22. The van der Waals surface area contributed by atoms with Crippen molar-refractivity contribution in [3.8, 4) is 17.0 Å². The quantitative estimate of drug-likeness (QED) is 0.563. The number of aryl methyl sites for hydroxylation is 1. The van der Waals surface area contributed by atoms with E-state index in [4.69, 9.17) is 10.5 Å². The molecule has 0 atom stereocenters. The predicted octanol–water partition coefficient (Wildman–Crippen LogP) is 3.52. The van der Waals surface area contributed by atoms with Crippen molar-refractivity contribution in [3.63, 3.8) is 0 Å². The molecule has 3 N–H and O–H groups in total. The van der Waals surface area contributed by atoms with Gasteiger partial charge in [-0.05, 0) is 30.2 Å². The molecule has 0 unspecified atom stereocenters. The molecule has 0 saturated carbocycles. The van der Waals surface area contributed by atoms with Gasteiger partial charge in [0.05, 0.1) is 7.11 Å². The largest absolute Gasteiger partial charge is 0.481 e. The van der Waals surface area contributed by atoms with Gasteiger partial charge in [-0.1, -0.05) is 42.5 Å². The van der Waals surface area contributed by atoms with Crippen molar-refractivity contribution in [2.24, 2.45) is 10.7 Å². The number of anilines is 1. The molecular formula is C19H19N5O. The third-order valence-electron chi connectivity index (χ3n) is 3.49. The minimum Gasteiger partial charge on any atom is -0.481 e. The molecule has 0 fully saturated rings. The number of nitrogens with zero attached hydrogens (tertiary/aromatic N) is 3. The van der Waals surface area contributed by atoms with Crippen LogP contribution in [0, 0.1) is 6.92 Å². The van der Waals surface area contributed by atoms with Gasteiger partial charge in [-0.3, -0.25) is 0 Å². The molecule has 0 saturated heterocycles. The molecule has 0 aliphatic rings. The Morgan fingerprint density at radius 1 is 1.00 bits per heavy atom. The van der Waals surface area contributed by atoms with Gasteiger partial charge in [0.2, 0.25) is 11.8 Å². The minimum atomic E-state index is 0.206. The van der Waals surface area contributed by atoms with Crippen molar-refractivity contribution < 1.29 is 4.74 Å². The second-order valence-electron chi connectivity index (χ2n) is 5.42. The highest BCUT2D eigenvalue weighted by Gasteiger charge is 2.04. The summed E-state index contributed by atoms with van der Waals surface area (Å²) in [7, 11) is 1.55. The molecule has 6 heteroatoms. The number of hydrogen-bond donors (Lipinski definition) is 2. The second kappa shape index (κ2) is 7.44. The lowest BCUT2D eigenvalue weighted by atomic mass is 10.1. The molecule has 0 bridgehead atoms. The van der Waals surface area contributed by atoms with Gasteiger partial charge in [-0.2, -0.15) is 9.98 Å². The van der Waals surface area contributed by atoms with Crippen LogP contribution in [0.2, 0.25) is 0 Å². The molecule has 3 aromatic rings. The first-order chi connectivity index (χ1) is 12.1. The van der Waals surface area contributed by atoms with Crippen LogP contribution in [-0.4, -0.2) is 23.0 Å². The first-order valence-electron chi connectivity index (χ1n) is 7.80. The Morgan fingerprint density at radius 3 is 2.52 bits per heavy atom. The van der Waals surface area contributed by atoms with Gasteiger partial charge < -0.3 is 15.8 Å². The molecule has 6 nitrogen and oxygen atoms in total. The van der Waals surface area contributed by atoms with Crippen LogP contribution in [0.1, 0.15) is 5.69 Å². The molecule has 0 aliphatic heterocycles. The number of aromatic nitrogens is 2. The average Bonchev–Trinajstić information content (AvgIpc) is 2.62. The lowest BCUT2D eigenvalue weighted by molar-refractivity contribution is 0.397. The number of hydrogen-bond acceptors (Lipinski definition) is 4. The summed E-state index contributed by atoms with van der Waals surface area (Å²) in [5.74, 6) is 0.907. The number of rotatable bonds is 4. The van der Waals surface area contributed by atoms with Crippen LogP contribution < -0.4 is 15.8 Å². The van der Waals surface area contributed by atoms with E-state index in [1.54, 1.807) is 13.2 Å². The van der Waals surface area contributed by atoms with E-state index < -0.39 is 0 Å². The van der Waals surface area contributed by atoms with Crippen LogP contribution in [0.3, 0.4) is 0 Å². The van der Waals surface area contributed by atoms with E-state index in [-0.39, 0.29) is 11.9 Å². The van der Waals surface area contributed by atoms with Crippen LogP contribution in [-0.2, 0) is 0 Å². The van der Waals surface area contributed by atoms with Gasteiger partial charge in [0.15, 0.2) is 0 Å². The van der Waals surface area contributed by atoms with Gasteiger partial charge >= 0.3 is 0 Å². The second-order valence-corrected chi connectivity index (χ2v) is 5.42. The molecule has 0 aliphatic carbocycles. The number of ether oxygens (including phenoxy) is 1. The Morgan fingerprint density at radius 2 is 1.76 bits per heavy atom. The molecule has 0 spiro atoms. The summed E-state index contributed by atoms with van der Waals surface area (Å²) in [6, 6.07) is 19.8. The molecule has 3 rings (SSSR count). The zero-order valence-corrected chi connectivity index (χ0v) is 14.1. The molecular weight excluding hydrogens is 314 g/mol. The van der Waals surface area contributed by atoms with Crippen molar-refractivity contribution >= 4 is 17.6 Å². The first-order valence-corrected chi connectivity index (χ1v) is 7.80. The number of aliphatic imine (C=N–C) groups is 1. The van der Waals surface area contributed by atoms with Gasteiger partial charge in [0, 0.05) is 17.4 Å². The molecule has 1 aromatic heterocycles. The SMILES string of the molecule is COc1cc(C)nc(/N=C(\N)Nc2cccc(-c3ccccc3)c2)n1. The van der Waals surface area contributed by atoms with E-state index in [1.165, 1.54) is 0 Å². The standard InChI is InChI=1S/C19H19N5O/c1-13-11-17(25-2)23-19(21-13)24-18(20)22-16-10-6-9-15(12-16)14-7-4-3-5-8-14/h3-12H,1-2H3,(H3,20,21,22,23,24). The fourth-order valence-corrected chi connectivity index (χ4v) is 2.37. The van der Waals surface area contributed by atoms with Crippen LogP contribution in [0.4, 0.5) is 11.6 Å². The van der Waals surface area contributed by atoms with E-state index in [0.717, 1.165) is 22.5 Å². The molecule has 25 heavy (non-hydrogen) atoms. The minimum absolute atomic E-state index is 0.206. The Bertz CT molecular complexity index is 893. The maximum atomic E-state index is 5.99. The van der Waals surface area contributed by atoms with Gasteiger partial charge in [0.1, 0.15) is 0 Å². The molecule has 126 valence electrons. The van der Waals surface area contributed by atoms with Crippen LogP contribution in [0.25, 0.3) is 11.1 Å². The van der Waals surface area contributed by atoms with E-state index in [9.17, 15) is 0 Å². The van der Waals surface area contributed by atoms with E-state index in [0.29, 0.717) is 5.88 Å². The number of benzene rings is 2. The zero-order chi connectivity index (χ0) is 17.6. The smallest absolute Gasteiger partial charge is 0.256 e. The van der Waals surface area contributed by atoms with E-state index >= 15 is 0 Å². The molecule has 0 radical (unpaired) electrons. The molecule has 1 heterocycles. The monoisotopic (exact) mass is 333 g/mol. The summed E-state index contributed by atoms with van der Waals surface area (Å²) in [4.78, 5) is 12.6. The lowest BCUT2D eigenvalue weighted by Crippen LogP contribution is -2.22. The van der Waals surface area contributed by atoms with Gasteiger partial charge in [-0.15, -0.1) is 0 Å². The third kappa shape index (κ3) is 4.32. The number of methoxy groups -OCH3 is 1. The maximum Gasteiger partial charge on any atom is 0.256 e. The first kappa shape index (κ1) is 16.4. The Labute approximate surface area is 146 Å². The van der Waals surface area contributed by atoms with Crippen molar-refractivity contribution in [3.05, 3.63) is 66.4 Å². The average molecular weight is 333 g/mol. The fourth-order valence-electron chi connectivity index (χ4n) is 2.37. The highest BCUT2D eigenvalue weighted by atomic mass is 16.5. The van der Waals surface area contributed by atoms with Gasteiger partial charge in [-0.25, -0.2) is 4.98 Å². The highest BCUT2D eigenvalue weighted by molar-refractivity contribution is 5.94. The topological polar surface area (TPSA) is 85.4 Å². The van der Waals surface area contributed by atoms with Crippen molar-refractivity contribution in [1.29, 1.82) is 0 Å². The summed E-state index contributed by atoms with van der Waals surface area (Å²) >= 11 is 0. The summed E-state index contributed by atoms with van der Waals surface area (Å²) in [5.41, 5.74) is 9.80. The molecule has 0 amide bonds. The Kier molecular flexibility index (Phi) is 4.89. The Hall–Kier alpha value is -3.41. The summed E-state index contributed by atoms with van der Waals surface area (Å²) in [6.07, 6.45) is 0. The Balaban J connectivity index is 1.81.